The van der Waals surface area contributed by atoms with E-state index in [0.29, 0.717) is 18.4 Å². The third-order valence-electron chi connectivity index (χ3n) is 2.94. The van der Waals surface area contributed by atoms with Crippen LogP contribution < -0.4 is 10.6 Å². The summed E-state index contributed by atoms with van der Waals surface area (Å²) in [5.41, 5.74) is -0.0849. The topological polar surface area (TPSA) is 70.2 Å². The Morgan fingerprint density at radius 2 is 1.96 bits per heavy atom. The molecule has 8 heteroatoms. The van der Waals surface area contributed by atoms with E-state index in [1.807, 2.05) is 19.0 Å². The second-order valence-electron chi connectivity index (χ2n) is 5.11. The lowest BCUT2D eigenvalue weighted by atomic mass is 10.2. The van der Waals surface area contributed by atoms with Crippen molar-refractivity contribution in [1.82, 2.24) is 15.1 Å². The molecule has 0 radical (unpaired) electrons. The van der Waals surface area contributed by atoms with Gasteiger partial charge in [0.15, 0.2) is 5.69 Å². The van der Waals surface area contributed by atoms with Crippen LogP contribution in [0.15, 0.2) is 30.3 Å². The summed E-state index contributed by atoms with van der Waals surface area (Å²) in [6.07, 6.45) is 0. The smallest absolute Gasteiger partial charge is 0.276 e. The zero-order valence-corrected chi connectivity index (χ0v) is 12.8. The number of hydrogen-bond donors (Lipinski definition) is 2. The molecular weight excluding hydrogens is 304 g/mol. The van der Waals surface area contributed by atoms with Crippen LogP contribution >= 0.6 is 0 Å². The number of halogens is 2. The third kappa shape index (κ3) is 4.96. The molecular formula is C15H17F2N5O. The van der Waals surface area contributed by atoms with Gasteiger partial charge in [0.2, 0.25) is 0 Å². The fraction of sp³-hybridized carbons (Fsp3) is 0.267. The van der Waals surface area contributed by atoms with Crippen LogP contribution in [0, 0.1) is 11.6 Å². The van der Waals surface area contributed by atoms with E-state index in [0.717, 1.165) is 18.7 Å². The lowest BCUT2D eigenvalue weighted by Gasteiger charge is -2.10. The molecule has 0 bridgehead atoms. The largest absolute Gasteiger partial charge is 0.367 e. The van der Waals surface area contributed by atoms with E-state index in [2.05, 4.69) is 20.8 Å². The van der Waals surface area contributed by atoms with Crippen LogP contribution in [0.2, 0.25) is 0 Å². The van der Waals surface area contributed by atoms with Crippen molar-refractivity contribution in [3.63, 3.8) is 0 Å². The van der Waals surface area contributed by atoms with Crippen LogP contribution in [0.5, 0.6) is 0 Å². The molecule has 23 heavy (non-hydrogen) atoms. The van der Waals surface area contributed by atoms with E-state index < -0.39 is 17.5 Å². The molecule has 1 aromatic carbocycles. The first kappa shape index (κ1) is 16.8. The zero-order chi connectivity index (χ0) is 16.8. The van der Waals surface area contributed by atoms with Gasteiger partial charge in [0, 0.05) is 19.2 Å². The lowest BCUT2D eigenvalue weighted by molar-refractivity contribution is 0.102. The Labute approximate surface area is 132 Å². The van der Waals surface area contributed by atoms with E-state index in [9.17, 15) is 13.6 Å². The van der Waals surface area contributed by atoms with E-state index >= 15 is 0 Å². The average molecular weight is 321 g/mol. The number of carbonyl (C=O) groups excluding carboxylic acids is 1. The third-order valence-corrected chi connectivity index (χ3v) is 2.94. The monoisotopic (exact) mass is 321 g/mol. The quantitative estimate of drug-likeness (QED) is 0.851. The highest BCUT2D eigenvalue weighted by Crippen LogP contribution is 2.15. The molecule has 0 unspecified atom stereocenters. The van der Waals surface area contributed by atoms with E-state index in [1.54, 1.807) is 6.07 Å². The Morgan fingerprint density at radius 1 is 1.17 bits per heavy atom. The van der Waals surface area contributed by atoms with E-state index in [-0.39, 0.29) is 11.4 Å². The number of anilines is 2. The highest BCUT2D eigenvalue weighted by molar-refractivity contribution is 6.02. The Balaban J connectivity index is 1.97. The molecule has 6 nitrogen and oxygen atoms in total. The van der Waals surface area contributed by atoms with E-state index in [1.165, 1.54) is 6.07 Å². The summed E-state index contributed by atoms with van der Waals surface area (Å²) in [6, 6.07) is 5.98. The zero-order valence-electron chi connectivity index (χ0n) is 12.8. The number of hydrogen-bond acceptors (Lipinski definition) is 5. The van der Waals surface area contributed by atoms with Crippen molar-refractivity contribution in [3.05, 3.63) is 47.7 Å². The Bertz CT molecular complexity index is 676. The fourth-order valence-corrected chi connectivity index (χ4v) is 1.73. The van der Waals surface area contributed by atoms with Gasteiger partial charge in [-0.3, -0.25) is 4.79 Å². The SMILES string of the molecule is CN(C)CCNc1ccc(C(=O)Nc2ccc(F)cc2F)nn1. The Morgan fingerprint density at radius 3 is 2.57 bits per heavy atom. The molecule has 0 fully saturated rings. The molecule has 2 rings (SSSR count). The van der Waals surface area contributed by atoms with Crippen molar-refractivity contribution in [2.24, 2.45) is 0 Å². The highest BCUT2D eigenvalue weighted by atomic mass is 19.1. The number of likely N-dealkylation sites (N-methyl/N-ethyl adjacent to an activating group) is 1. The minimum absolute atomic E-state index is 0.0342. The predicted molar refractivity (Wildman–Crippen MR) is 83.4 cm³/mol. The molecule has 0 saturated carbocycles. The van der Waals surface area contributed by atoms with Crippen LogP contribution in [0.25, 0.3) is 0 Å². The van der Waals surface area contributed by atoms with Gasteiger partial charge in [0.25, 0.3) is 5.91 Å². The maximum Gasteiger partial charge on any atom is 0.276 e. The maximum absolute atomic E-state index is 13.5. The van der Waals surface area contributed by atoms with Gasteiger partial charge in [-0.05, 0) is 38.4 Å². The molecule has 0 aliphatic carbocycles. The summed E-state index contributed by atoms with van der Waals surface area (Å²) < 4.78 is 26.3. The molecule has 1 amide bonds. The van der Waals surface area contributed by atoms with Crippen molar-refractivity contribution < 1.29 is 13.6 Å². The fourth-order valence-electron chi connectivity index (χ4n) is 1.73. The summed E-state index contributed by atoms with van der Waals surface area (Å²) >= 11 is 0. The first-order valence-electron chi connectivity index (χ1n) is 6.94. The van der Waals surface area contributed by atoms with Gasteiger partial charge < -0.3 is 15.5 Å². The number of rotatable bonds is 6. The molecule has 0 atom stereocenters. The van der Waals surface area contributed by atoms with Crippen molar-refractivity contribution in [1.29, 1.82) is 0 Å². The van der Waals surface area contributed by atoms with Crippen LogP contribution in [0.4, 0.5) is 20.3 Å². The molecule has 0 spiro atoms. The number of nitrogens with one attached hydrogen (secondary N) is 2. The van der Waals surface area contributed by atoms with Gasteiger partial charge in [-0.2, -0.15) is 0 Å². The van der Waals surface area contributed by atoms with Gasteiger partial charge in [-0.25, -0.2) is 8.78 Å². The molecule has 1 aromatic heterocycles. The van der Waals surface area contributed by atoms with Gasteiger partial charge in [-0.1, -0.05) is 0 Å². The van der Waals surface area contributed by atoms with Gasteiger partial charge in [-0.15, -0.1) is 10.2 Å². The first-order valence-corrected chi connectivity index (χ1v) is 6.94. The molecule has 2 N–H and O–H groups in total. The highest BCUT2D eigenvalue weighted by Gasteiger charge is 2.12. The number of aromatic nitrogens is 2. The number of nitrogens with zero attached hydrogens (tertiary/aromatic N) is 3. The van der Waals surface area contributed by atoms with Gasteiger partial charge in [0.1, 0.15) is 17.5 Å². The number of benzene rings is 1. The number of carbonyl (C=O) groups is 1. The van der Waals surface area contributed by atoms with Crippen LogP contribution in [0.3, 0.4) is 0 Å². The summed E-state index contributed by atoms with van der Waals surface area (Å²) in [5.74, 6) is -1.65. The second kappa shape index (κ2) is 7.59. The maximum atomic E-state index is 13.5. The van der Waals surface area contributed by atoms with Gasteiger partial charge >= 0.3 is 0 Å². The molecule has 0 saturated heterocycles. The average Bonchev–Trinajstić information content (AvgIpc) is 2.50. The molecule has 122 valence electrons. The lowest BCUT2D eigenvalue weighted by Crippen LogP contribution is -2.21. The van der Waals surface area contributed by atoms with Crippen molar-refractivity contribution in [2.75, 3.05) is 37.8 Å². The summed E-state index contributed by atoms with van der Waals surface area (Å²) in [4.78, 5) is 14.0. The second-order valence-corrected chi connectivity index (χ2v) is 5.11. The Hall–Kier alpha value is -2.61. The standard InChI is InChI=1S/C15H17F2N5O/c1-22(2)8-7-18-14-6-5-13(20-21-14)15(23)19-12-4-3-10(16)9-11(12)17/h3-6,9H,7-8H2,1-2H3,(H,18,21)(H,19,23). The van der Waals surface area contributed by atoms with Gasteiger partial charge in [0.05, 0.1) is 5.69 Å². The predicted octanol–water partition coefficient (Wildman–Crippen LogP) is 1.98. The molecule has 1 heterocycles. The van der Waals surface area contributed by atoms with Crippen LogP contribution in [-0.4, -0.2) is 48.2 Å². The minimum atomic E-state index is -0.853. The van der Waals surface area contributed by atoms with Crippen LogP contribution in [-0.2, 0) is 0 Å². The molecule has 0 aliphatic heterocycles. The summed E-state index contributed by atoms with van der Waals surface area (Å²) in [5, 5.41) is 13.0. The van der Waals surface area contributed by atoms with Crippen molar-refractivity contribution in [3.8, 4) is 0 Å². The first-order chi connectivity index (χ1) is 11.0. The molecule has 2 aromatic rings. The normalized spacial score (nSPS) is 10.7. The molecule has 0 aliphatic rings. The summed E-state index contributed by atoms with van der Waals surface area (Å²) in [6.45, 7) is 1.52. The van der Waals surface area contributed by atoms with Crippen LogP contribution in [0.1, 0.15) is 10.5 Å². The van der Waals surface area contributed by atoms with Crippen molar-refractivity contribution >= 4 is 17.4 Å². The Kier molecular flexibility index (Phi) is 5.53. The summed E-state index contributed by atoms with van der Waals surface area (Å²) in [7, 11) is 3.91. The number of amides is 1. The van der Waals surface area contributed by atoms with Crippen molar-refractivity contribution in [2.45, 2.75) is 0 Å². The minimum Gasteiger partial charge on any atom is -0.367 e. The van der Waals surface area contributed by atoms with E-state index in [4.69, 9.17) is 0 Å².